The standard InChI is InChI=1S/C16H25N3O2/c1-13-17-8-10-19(13)9-5-15(20)18-14-11-16(21-12-14)6-3-2-4-7-16/h8,10,14H,2-7,9,11-12H2,1H3,(H,18,20)/t14-/m0/s1. The van der Waals surface area contributed by atoms with Crippen LogP contribution >= 0.6 is 0 Å². The fraction of sp³-hybridized carbons (Fsp3) is 0.750. The Morgan fingerprint density at radius 3 is 3.00 bits per heavy atom. The van der Waals surface area contributed by atoms with E-state index in [-0.39, 0.29) is 17.6 Å². The molecule has 1 aliphatic carbocycles. The van der Waals surface area contributed by atoms with Crippen molar-refractivity contribution in [1.29, 1.82) is 0 Å². The first-order valence-electron chi connectivity index (χ1n) is 8.08. The summed E-state index contributed by atoms with van der Waals surface area (Å²) in [7, 11) is 0. The Hall–Kier alpha value is -1.36. The Morgan fingerprint density at radius 2 is 2.29 bits per heavy atom. The lowest BCUT2D eigenvalue weighted by atomic mass is 9.82. The second-order valence-corrected chi connectivity index (χ2v) is 6.44. The van der Waals surface area contributed by atoms with E-state index >= 15 is 0 Å². The van der Waals surface area contributed by atoms with Gasteiger partial charge in [0.2, 0.25) is 5.91 Å². The zero-order chi connectivity index (χ0) is 14.7. The van der Waals surface area contributed by atoms with E-state index in [1.807, 2.05) is 17.7 Å². The maximum atomic E-state index is 12.1. The van der Waals surface area contributed by atoms with Crippen LogP contribution in [0.2, 0.25) is 0 Å². The van der Waals surface area contributed by atoms with Crippen LogP contribution in [0.3, 0.4) is 0 Å². The van der Waals surface area contributed by atoms with Crippen LogP contribution in [0.4, 0.5) is 0 Å². The summed E-state index contributed by atoms with van der Waals surface area (Å²) in [4.78, 5) is 16.2. The molecule has 1 amide bonds. The number of aromatic nitrogens is 2. The van der Waals surface area contributed by atoms with Crippen LogP contribution in [-0.4, -0.2) is 33.7 Å². The van der Waals surface area contributed by atoms with Crippen molar-refractivity contribution in [2.45, 2.75) is 70.1 Å². The molecule has 5 nitrogen and oxygen atoms in total. The monoisotopic (exact) mass is 291 g/mol. The number of ether oxygens (including phenoxy) is 1. The molecule has 21 heavy (non-hydrogen) atoms. The van der Waals surface area contributed by atoms with Gasteiger partial charge in [-0.05, 0) is 26.2 Å². The van der Waals surface area contributed by atoms with E-state index in [0.29, 0.717) is 19.6 Å². The van der Waals surface area contributed by atoms with E-state index in [2.05, 4.69) is 10.3 Å². The number of rotatable bonds is 4. The molecule has 2 aliphatic rings. The fourth-order valence-corrected chi connectivity index (χ4v) is 3.64. The molecule has 1 saturated carbocycles. The highest BCUT2D eigenvalue weighted by molar-refractivity contribution is 5.76. The van der Waals surface area contributed by atoms with Crippen molar-refractivity contribution in [2.24, 2.45) is 0 Å². The quantitative estimate of drug-likeness (QED) is 0.925. The average molecular weight is 291 g/mol. The maximum absolute atomic E-state index is 12.1. The van der Waals surface area contributed by atoms with E-state index in [1.165, 1.54) is 19.3 Å². The minimum atomic E-state index is 0.0666. The molecule has 1 saturated heterocycles. The molecule has 0 unspecified atom stereocenters. The third-order valence-corrected chi connectivity index (χ3v) is 4.84. The molecule has 1 aromatic heterocycles. The molecule has 3 rings (SSSR count). The first kappa shape index (κ1) is 14.6. The summed E-state index contributed by atoms with van der Waals surface area (Å²) in [6, 6.07) is 0.194. The van der Waals surface area contributed by atoms with Crippen molar-refractivity contribution < 1.29 is 9.53 Å². The Bertz CT molecular complexity index is 491. The van der Waals surface area contributed by atoms with Gasteiger partial charge >= 0.3 is 0 Å². The number of amides is 1. The summed E-state index contributed by atoms with van der Waals surface area (Å²) in [5, 5.41) is 3.13. The van der Waals surface area contributed by atoms with Gasteiger partial charge in [-0.15, -0.1) is 0 Å². The van der Waals surface area contributed by atoms with Crippen molar-refractivity contribution in [3.8, 4) is 0 Å². The molecule has 0 radical (unpaired) electrons. The second kappa shape index (κ2) is 6.18. The van der Waals surface area contributed by atoms with Crippen LogP contribution in [-0.2, 0) is 16.1 Å². The lowest BCUT2D eigenvalue weighted by molar-refractivity contribution is -0.122. The number of hydrogen-bond donors (Lipinski definition) is 1. The van der Waals surface area contributed by atoms with Gasteiger partial charge in [-0.3, -0.25) is 4.79 Å². The van der Waals surface area contributed by atoms with Crippen LogP contribution in [0.1, 0.15) is 50.8 Å². The van der Waals surface area contributed by atoms with Gasteiger partial charge in [0.05, 0.1) is 18.2 Å². The summed E-state index contributed by atoms with van der Waals surface area (Å²) < 4.78 is 8.04. The number of hydrogen-bond acceptors (Lipinski definition) is 3. The molecule has 1 spiro atoms. The number of imidazole rings is 1. The van der Waals surface area contributed by atoms with Crippen LogP contribution in [0.25, 0.3) is 0 Å². The van der Waals surface area contributed by atoms with Crippen LogP contribution in [0.15, 0.2) is 12.4 Å². The van der Waals surface area contributed by atoms with E-state index in [0.717, 1.165) is 25.1 Å². The summed E-state index contributed by atoms with van der Waals surface area (Å²) in [6.07, 6.45) is 11.3. The van der Waals surface area contributed by atoms with Gasteiger partial charge in [-0.2, -0.15) is 0 Å². The second-order valence-electron chi connectivity index (χ2n) is 6.44. The Labute approximate surface area is 126 Å². The highest BCUT2D eigenvalue weighted by Crippen LogP contribution is 2.39. The summed E-state index contributed by atoms with van der Waals surface area (Å²) >= 11 is 0. The minimum Gasteiger partial charge on any atom is -0.373 e. The van der Waals surface area contributed by atoms with Crippen molar-refractivity contribution in [3.05, 3.63) is 18.2 Å². The van der Waals surface area contributed by atoms with Crippen molar-refractivity contribution in [1.82, 2.24) is 14.9 Å². The van der Waals surface area contributed by atoms with Gasteiger partial charge < -0.3 is 14.6 Å². The summed E-state index contributed by atoms with van der Waals surface area (Å²) in [5.41, 5.74) is 0.0666. The molecule has 2 fully saturated rings. The molecule has 1 aliphatic heterocycles. The van der Waals surface area contributed by atoms with Crippen molar-refractivity contribution >= 4 is 5.91 Å². The number of carbonyl (C=O) groups excluding carboxylic acids is 1. The van der Waals surface area contributed by atoms with Gasteiger partial charge in [0.25, 0.3) is 0 Å². The van der Waals surface area contributed by atoms with Gasteiger partial charge in [-0.1, -0.05) is 19.3 Å². The zero-order valence-electron chi connectivity index (χ0n) is 12.8. The SMILES string of the molecule is Cc1nccn1CCC(=O)N[C@@H]1COC2(CCCCC2)C1. The molecule has 1 aromatic rings. The molecular formula is C16H25N3O2. The Balaban J connectivity index is 1.44. The van der Waals surface area contributed by atoms with Gasteiger partial charge in [0, 0.05) is 25.4 Å². The van der Waals surface area contributed by atoms with Gasteiger partial charge in [0.15, 0.2) is 0 Å². The summed E-state index contributed by atoms with van der Waals surface area (Å²) in [5.74, 6) is 1.07. The first-order valence-corrected chi connectivity index (χ1v) is 8.08. The molecule has 0 aromatic carbocycles. The predicted octanol–water partition coefficient (Wildman–Crippen LogP) is 2.19. The zero-order valence-corrected chi connectivity index (χ0v) is 12.8. The number of aryl methyl sites for hydroxylation is 2. The smallest absolute Gasteiger partial charge is 0.222 e. The van der Waals surface area contributed by atoms with Crippen LogP contribution in [0.5, 0.6) is 0 Å². The lowest BCUT2D eigenvalue weighted by Crippen LogP contribution is -2.37. The highest BCUT2D eigenvalue weighted by atomic mass is 16.5. The largest absolute Gasteiger partial charge is 0.373 e. The number of nitrogens with one attached hydrogen (secondary N) is 1. The lowest BCUT2D eigenvalue weighted by Gasteiger charge is -2.32. The first-order chi connectivity index (χ1) is 10.2. The maximum Gasteiger partial charge on any atom is 0.222 e. The fourth-order valence-electron chi connectivity index (χ4n) is 3.64. The normalized spacial score (nSPS) is 24.3. The average Bonchev–Trinajstić information content (AvgIpc) is 3.05. The minimum absolute atomic E-state index is 0.0666. The highest BCUT2D eigenvalue weighted by Gasteiger charge is 2.41. The number of nitrogens with zero attached hydrogens (tertiary/aromatic N) is 2. The molecule has 116 valence electrons. The molecule has 1 atom stereocenters. The van der Waals surface area contributed by atoms with Crippen molar-refractivity contribution in [3.63, 3.8) is 0 Å². The molecule has 2 heterocycles. The Kier molecular flexibility index (Phi) is 4.29. The molecule has 0 bridgehead atoms. The van der Waals surface area contributed by atoms with E-state index in [4.69, 9.17) is 4.74 Å². The Morgan fingerprint density at radius 1 is 1.48 bits per heavy atom. The van der Waals surface area contributed by atoms with Crippen molar-refractivity contribution in [2.75, 3.05) is 6.61 Å². The van der Waals surface area contributed by atoms with E-state index in [9.17, 15) is 4.79 Å². The molecule has 5 heteroatoms. The van der Waals surface area contributed by atoms with E-state index < -0.39 is 0 Å². The topological polar surface area (TPSA) is 56.2 Å². The van der Waals surface area contributed by atoms with Gasteiger partial charge in [-0.25, -0.2) is 4.98 Å². The third-order valence-electron chi connectivity index (χ3n) is 4.84. The van der Waals surface area contributed by atoms with E-state index in [1.54, 1.807) is 6.20 Å². The molecular weight excluding hydrogens is 266 g/mol. The van der Waals surface area contributed by atoms with Crippen LogP contribution in [0, 0.1) is 6.92 Å². The van der Waals surface area contributed by atoms with Gasteiger partial charge in [0.1, 0.15) is 5.82 Å². The molecule has 1 N–H and O–H groups in total. The van der Waals surface area contributed by atoms with Crippen LogP contribution < -0.4 is 5.32 Å². The number of carbonyl (C=O) groups is 1. The predicted molar refractivity (Wildman–Crippen MR) is 79.9 cm³/mol. The summed E-state index contributed by atoms with van der Waals surface area (Å²) in [6.45, 7) is 3.32. The third kappa shape index (κ3) is 3.46.